The van der Waals surface area contributed by atoms with Crippen molar-refractivity contribution < 1.29 is 14.1 Å². The lowest BCUT2D eigenvalue weighted by Gasteiger charge is -2.08. The maximum Gasteiger partial charge on any atom is 0.251 e. The number of carbonyl (C=O) groups excluding carboxylic acids is 1. The number of benzene rings is 1. The average Bonchev–Trinajstić information content (AvgIpc) is 2.82. The molecule has 0 radical (unpaired) electrons. The van der Waals surface area contributed by atoms with Gasteiger partial charge in [-0.25, -0.2) is 0 Å². The number of hydrogen-bond donors (Lipinski definition) is 2. The number of carbonyl (C=O) groups is 1. The van der Waals surface area contributed by atoms with Crippen molar-refractivity contribution in [1.29, 1.82) is 0 Å². The standard InChI is InChI=1S/C15H19N3O3.ClH/c1-10-14(11(2)21-18-10)9-20-13-5-3-4-12(8-13)15(19)17-7-6-16;/h3-5,8H,6-7,9,16H2,1-2H3,(H,17,19);1H. The number of hydrogen-bond acceptors (Lipinski definition) is 5. The van der Waals surface area contributed by atoms with Crippen molar-refractivity contribution in [2.75, 3.05) is 13.1 Å². The third-order valence-electron chi connectivity index (χ3n) is 3.09. The second-order valence-corrected chi connectivity index (χ2v) is 4.66. The summed E-state index contributed by atoms with van der Waals surface area (Å²) in [4.78, 5) is 11.8. The van der Waals surface area contributed by atoms with Crippen LogP contribution in [0.5, 0.6) is 5.75 Å². The normalized spacial score (nSPS) is 9.95. The number of halogens is 1. The maximum atomic E-state index is 11.8. The van der Waals surface area contributed by atoms with Crippen LogP contribution in [0.1, 0.15) is 27.4 Å². The van der Waals surface area contributed by atoms with Gasteiger partial charge in [0.1, 0.15) is 18.1 Å². The minimum absolute atomic E-state index is 0. The Balaban J connectivity index is 0.00000242. The van der Waals surface area contributed by atoms with Crippen LogP contribution in [0.15, 0.2) is 28.8 Å². The summed E-state index contributed by atoms with van der Waals surface area (Å²) in [5.41, 5.74) is 7.64. The van der Waals surface area contributed by atoms with Gasteiger partial charge in [-0.1, -0.05) is 11.2 Å². The molecule has 2 aromatic rings. The Bertz CT molecular complexity index is 609. The van der Waals surface area contributed by atoms with Crippen LogP contribution < -0.4 is 15.8 Å². The van der Waals surface area contributed by atoms with Gasteiger partial charge in [-0.2, -0.15) is 0 Å². The number of ether oxygens (including phenoxy) is 1. The second kappa shape index (κ2) is 8.41. The topological polar surface area (TPSA) is 90.4 Å². The molecule has 0 aliphatic carbocycles. The van der Waals surface area contributed by atoms with Gasteiger partial charge in [-0.05, 0) is 32.0 Å². The molecule has 22 heavy (non-hydrogen) atoms. The Kier molecular flexibility index (Phi) is 6.88. The van der Waals surface area contributed by atoms with Gasteiger partial charge in [0.2, 0.25) is 0 Å². The van der Waals surface area contributed by atoms with Crippen molar-refractivity contribution in [2.45, 2.75) is 20.5 Å². The maximum absolute atomic E-state index is 11.8. The fraction of sp³-hybridized carbons (Fsp3) is 0.333. The van der Waals surface area contributed by atoms with Crippen molar-refractivity contribution in [3.63, 3.8) is 0 Å². The molecule has 0 aliphatic heterocycles. The van der Waals surface area contributed by atoms with Gasteiger partial charge in [0.25, 0.3) is 5.91 Å². The lowest BCUT2D eigenvalue weighted by molar-refractivity contribution is 0.0954. The molecule has 0 unspecified atom stereocenters. The number of nitrogens with two attached hydrogens (primary N) is 1. The average molecular weight is 326 g/mol. The lowest BCUT2D eigenvalue weighted by atomic mass is 10.2. The van der Waals surface area contributed by atoms with Gasteiger partial charge in [-0.3, -0.25) is 4.79 Å². The molecule has 3 N–H and O–H groups in total. The highest BCUT2D eigenvalue weighted by molar-refractivity contribution is 5.94. The van der Waals surface area contributed by atoms with E-state index >= 15 is 0 Å². The van der Waals surface area contributed by atoms with Crippen molar-refractivity contribution in [3.05, 3.63) is 46.8 Å². The first-order chi connectivity index (χ1) is 10.1. The largest absolute Gasteiger partial charge is 0.489 e. The summed E-state index contributed by atoms with van der Waals surface area (Å²) in [6.07, 6.45) is 0. The first kappa shape index (κ1) is 18.0. The second-order valence-electron chi connectivity index (χ2n) is 4.66. The molecule has 1 heterocycles. The van der Waals surface area contributed by atoms with Crippen molar-refractivity contribution in [1.82, 2.24) is 10.5 Å². The van der Waals surface area contributed by atoms with E-state index in [1.165, 1.54) is 0 Å². The molecule has 0 saturated carbocycles. The molecule has 0 saturated heterocycles. The Morgan fingerprint density at radius 2 is 2.18 bits per heavy atom. The van der Waals surface area contributed by atoms with Gasteiger partial charge >= 0.3 is 0 Å². The summed E-state index contributed by atoms with van der Waals surface area (Å²) >= 11 is 0. The molecule has 0 atom stereocenters. The van der Waals surface area contributed by atoms with Crippen LogP contribution in [0, 0.1) is 13.8 Å². The highest BCUT2D eigenvalue weighted by atomic mass is 35.5. The summed E-state index contributed by atoms with van der Waals surface area (Å²) in [5.74, 6) is 1.20. The monoisotopic (exact) mass is 325 g/mol. The quantitative estimate of drug-likeness (QED) is 0.847. The smallest absolute Gasteiger partial charge is 0.251 e. The molecule has 0 aliphatic rings. The third kappa shape index (κ3) is 4.47. The highest BCUT2D eigenvalue weighted by Crippen LogP contribution is 2.18. The molecule has 1 aromatic heterocycles. The number of nitrogens with one attached hydrogen (secondary N) is 1. The van der Waals surface area contributed by atoms with Gasteiger partial charge in [-0.15, -0.1) is 12.4 Å². The number of aryl methyl sites for hydroxylation is 2. The van der Waals surface area contributed by atoms with Crippen LogP contribution in [-0.4, -0.2) is 24.2 Å². The van der Waals surface area contributed by atoms with E-state index in [2.05, 4.69) is 10.5 Å². The summed E-state index contributed by atoms with van der Waals surface area (Å²) in [6, 6.07) is 7.01. The molecular weight excluding hydrogens is 306 g/mol. The zero-order valence-electron chi connectivity index (χ0n) is 12.6. The van der Waals surface area contributed by atoms with Crippen molar-refractivity contribution >= 4 is 18.3 Å². The molecule has 1 aromatic carbocycles. The fourth-order valence-electron chi connectivity index (χ4n) is 1.88. The van der Waals surface area contributed by atoms with Gasteiger partial charge in [0.05, 0.1) is 11.3 Å². The van der Waals surface area contributed by atoms with E-state index in [0.29, 0.717) is 31.0 Å². The fourth-order valence-corrected chi connectivity index (χ4v) is 1.88. The molecule has 0 spiro atoms. The van der Waals surface area contributed by atoms with Crippen LogP contribution in [0.3, 0.4) is 0 Å². The number of nitrogens with zero attached hydrogens (tertiary/aromatic N) is 1. The minimum atomic E-state index is -0.164. The first-order valence-electron chi connectivity index (χ1n) is 6.74. The van der Waals surface area contributed by atoms with E-state index in [0.717, 1.165) is 17.0 Å². The summed E-state index contributed by atoms with van der Waals surface area (Å²) in [6.45, 7) is 4.92. The molecule has 0 bridgehead atoms. The molecule has 1 amide bonds. The van der Waals surface area contributed by atoms with E-state index in [4.69, 9.17) is 15.0 Å². The Hall–Kier alpha value is -2.05. The molecule has 0 fully saturated rings. The molecule has 7 heteroatoms. The van der Waals surface area contributed by atoms with Crippen LogP contribution >= 0.6 is 12.4 Å². The molecule has 2 rings (SSSR count). The van der Waals surface area contributed by atoms with Crippen molar-refractivity contribution in [2.24, 2.45) is 5.73 Å². The zero-order chi connectivity index (χ0) is 15.2. The molecule has 120 valence electrons. The number of amides is 1. The van der Waals surface area contributed by atoms with Crippen LogP contribution in [0.25, 0.3) is 0 Å². The summed E-state index contributed by atoms with van der Waals surface area (Å²) in [5, 5.41) is 6.60. The molecular formula is C15H20ClN3O3. The van der Waals surface area contributed by atoms with E-state index in [-0.39, 0.29) is 18.3 Å². The SMILES string of the molecule is Cc1noc(C)c1COc1cccc(C(=O)NCCN)c1.Cl. The Morgan fingerprint density at radius 1 is 1.41 bits per heavy atom. The van der Waals surface area contributed by atoms with Crippen molar-refractivity contribution in [3.8, 4) is 5.75 Å². The van der Waals surface area contributed by atoms with Crippen LogP contribution in [0.4, 0.5) is 0 Å². The minimum Gasteiger partial charge on any atom is -0.489 e. The van der Waals surface area contributed by atoms with Gasteiger partial charge in [0.15, 0.2) is 0 Å². The third-order valence-corrected chi connectivity index (χ3v) is 3.09. The van der Waals surface area contributed by atoms with E-state index in [9.17, 15) is 4.79 Å². The van der Waals surface area contributed by atoms with Crippen LogP contribution in [-0.2, 0) is 6.61 Å². The van der Waals surface area contributed by atoms with E-state index < -0.39 is 0 Å². The Labute approximate surface area is 135 Å². The molecule has 6 nitrogen and oxygen atoms in total. The van der Waals surface area contributed by atoms with Crippen LogP contribution in [0.2, 0.25) is 0 Å². The first-order valence-corrected chi connectivity index (χ1v) is 6.74. The van der Waals surface area contributed by atoms with E-state index in [1.807, 2.05) is 13.8 Å². The lowest BCUT2D eigenvalue weighted by Crippen LogP contribution is -2.28. The number of rotatable bonds is 6. The predicted octanol–water partition coefficient (Wildman–Crippen LogP) is 1.98. The zero-order valence-corrected chi connectivity index (χ0v) is 13.4. The summed E-state index contributed by atoms with van der Waals surface area (Å²) in [7, 11) is 0. The highest BCUT2D eigenvalue weighted by Gasteiger charge is 2.10. The van der Waals surface area contributed by atoms with Gasteiger partial charge < -0.3 is 20.3 Å². The van der Waals surface area contributed by atoms with Gasteiger partial charge in [0, 0.05) is 18.7 Å². The predicted molar refractivity (Wildman–Crippen MR) is 85.4 cm³/mol. The number of aromatic nitrogens is 1. The summed E-state index contributed by atoms with van der Waals surface area (Å²) < 4.78 is 10.8. The van der Waals surface area contributed by atoms with E-state index in [1.54, 1.807) is 24.3 Å². The Morgan fingerprint density at radius 3 is 2.82 bits per heavy atom.